The average Bonchev–Trinajstić information content (AvgIpc) is 3.45. The number of carbonyl (C=O) groups is 1. The maximum Gasteiger partial charge on any atom is 0.306 e. The fourth-order valence-corrected chi connectivity index (χ4v) is 6.19. The monoisotopic (exact) mass is 454 g/mol. The van der Waals surface area contributed by atoms with Gasteiger partial charge in [0, 0.05) is 30.8 Å². The van der Waals surface area contributed by atoms with E-state index in [1.165, 1.54) is 18.4 Å². The van der Waals surface area contributed by atoms with E-state index in [1.54, 1.807) is 0 Å². The van der Waals surface area contributed by atoms with Crippen molar-refractivity contribution in [3.8, 4) is 0 Å². The number of aromatic nitrogens is 1. The maximum absolute atomic E-state index is 13.1. The lowest BCUT2D eigenvalue weighted by atomic mass is 9.61. The van der Waals surface area contributed by atoms with E-state index in [0.717, 1.165) is 37.2 Å². The van der Waals surface area contributed by atoms with Gasteiger partial charge >= 0.3 is 5.97 Å². The van der Waals surface area contributed by atoms with E-state index >= 15 is 0 Å². The number of pyridine rings is 1. The van der Waals surface area contributed by atoms with Crippen molar-refractivity contribution in [2.45, 2.75) is 62.5 Å². The summed E-state index contributed by atoms with van der Waals surface area (Å²) >= 11 is 0. The Morgan fingerprint density at radius 3 is 2.29 bits per heavy atom. The minimum atomic E-state index is -0.783. The number of rotatable bonds is 6. The van der Waals surface area contributed by atoms with Crippen molar-refractivity contribution in [1.82, 2.24) is 9.88 Å². The molecule has 176 valence electrons. The topological polar surface area (TPSA) is 42.4 Å². The summed E-state index contributed by atoms with van der Waals surface area (Å²) in [5.41, 5.74) is 2.56. The van der Waals surface area contributed by atoms with Crippen LogP contribution in [0, 0.1) is 0 Å². The zero-order valence-corrected chi connectivity index (χ0v) is 20.0. The van der Waals surface area contributed by atoms with Gasteiger partial charge in [-0.2, -0.15) is 0 Å². The normalized spacial score (nSPS) is 27.4. The molecule has 3 aromatic rings. The lowest BCUT2D eigenvalue weighted by Crippen LogP contribution is -2.52. The summed E-state index contributed by atoms with van der Waals surface area (Å²) in [6.07, 6.45) is 6.51. The SMILES string of the molecule is CCC(=O)OC1(c2ccccc2)CC(N2CCCC2)CC(c2ccccc2)C1c1ccccn1. The van der Waals surface area contributed by atoms with Crippen LogP contribution >= 0.6 is 0 Å². The van der Waals surface area contributed by atoms with Crippen LogP contribution in [0.1, 0.15) is 67.7 Å². The molecule has 4 nitrogen and oxygen atoms in total. The largest absolute Gasteiger partial charge is 0.453 e. The molecule has 2 aliphatic rings. The van der Waals surface area contributed by atoms with Crippen LogP contribution in [0.5, 0.6) is 0 Å². The van der Waals surface area contributed by atoms with Crippen molar-refractivity contribution in [2.24, 2.45) is 0 Å². The first kappa shape index (κ1) is 22.8. The Morgan fingerprint density at radius 2 is 1.65 bits per heavy atom. The van der Waals surface area contributed by atoms with E-state index in [0.29, 0.717) is 12.5 Å². The van der Waals surface area contributed by atoms with Crippen molar-refractivity contribution in [3.05, 3.63) is 102 Å². The molecule has 0 spiro atoms. The summed E-state index contributed by atoms with van der Waals surface area (Å²) in [4.78, 5) is 20.5. The van der Waals surface area contributed by atoms with Crippen LogP contribution < -0.4 is 0 Å². The number of nitrogens with zero attached hydrogens (tertiary/aromatic N) is 2. The number of ether oxygens (including phenoxy) is 1. The van der Waals surface area contributed by atoms with Crippen LogP contribution in [0.15, 0.2) is 85.1 Å². The van der Waals surface area contributed by atoms with Crippen LogP contribution in [0.3, 0.4) is 0 Å². The molecule has 4 atom stereocenters. The molecule has 0 bridgehead atoms. The van der Waals surface area contributed by atoms with Gasteiger partial charge in [0.05, 0.1) is 5.92 Å². The Bertz CT molecular complexity index is 1070. The van der Waals surface area contributed by atoms with Gasteiger partial charge in [0.2, 0.25) is 0 Å². The molecular formula is C30H34N2O2. The molecule has 4 unspecified atom stereocenters. The van der Waals surface area contributed by atoms with Gasteiger partial charge in [-0.3, -0.25) is 9.78 Å². The van der Waals surface area contributed by atoms with E-state index < -0.39 is 5.60 Å². The van der Waals surface area contributed by atoms with E-state index in [2.05, 4.69) is 65.6 Å². The summed E-state index contributed by atoms with van der Waals surface area (Å²) < 4.78 is 6.62. The Hall–Kier alpha value is -2.98. The van der Waals surface area contributed by atoms with Crippen molar-refractivity contribution >= 4 is 5.97 Å². The average molecular weight is 455 g/mol. The van der Waals surface area contributed by atoms with Crippen LogP contribution in [-0.4, -0.2) is 35.0 Å². The molecule has 0 radical (unpaired) electrons. The first-order valence-corrected chi connectivity index (χ1v) is 12.7. The third-order valence-electron chi connectivity index (χ3n) is 7.71. The molecule has 1 saturated carbocycles. The van der Waals surface area contributed by atoms with Crippen molar-refractivity contribution < 1.29 is 9.53 Å². The minimum Gasteiger partial charge on any atom is -0.453 e. The van der Waals surface area contributed by atoms with Crippen molar-refractivity contribution in [1.29, 1.82) is 0 Å². The van der Waals surface area contributed by atoms with Gasteiger partial charge in [-0.25, -0.2) is 0 Å². The van der Waals surface area contributed by atoms with Crippen LogP contribution in [-0.2, 0) is 15.1 Å². The highest BCUT2D eigenvalue weighted by Crippen LogP contribution is 2.57. The Morgan fingerprint density at radius 1 is 0.971 bits per heavy atom. The highest BCUT2D eigenvalue weighted by atomic mass is 16.6. The van der Waals surface area contributed by atoms with Crippen LogP contribution in [0.2, 0.25) is 0 Å². The second kappa shape index (κ2) is 10.1. The van der Waals surface area contributed by atoms with Gasteiger partial charge in [-0.15, -0.1) is 0 Å². The lowest BCUT2D eigenvalue weighted by Gasteiger charge is -2.52. The summed E-state index contributed by atoms with van der Waals surface area (Å²) in [6, 6.07) is 27.6. The molecular weight excluding hydrogens is 420 g/mol. The Balaban J connectivity index is 1.73. The van der Waals surface area contributed by atoms with Gasteiger partial charge in [-0.1, -0.05) is 73.7 Å². The van der Waals surface area contributed by atoms with Gasteiger partial charge in [-0.05, 0) is 61.5 Å². The Kier molecular flexibility index (Phi) is 6.77. The van der Waals surface area contributed by atoms with Crippen molar-refractivity contribution in [2.75, 3.05) is 13.1 Å². The highest BCUT2D eigenvalue weighted by molar-refractivity contribution is 5.70. The molecule has 1 aliphatic heterocycles. The molecule has 2 fully saturated rings. The number of hydrogen-bond donors (Lipinski definition) is 0. The zero-order valence-electron chi connectivity index (χ0n) is 20.0. The van der Waals surface area contributed by atoms with Gasteiger partial charge < -0.3 is 9.64 Å². The van der Waals surface area contributed by atoms with E-state index in [4.69, 9.17) is 9.72 Å². The maximum atomic E-state index is 13.1. The molecule has 0 amide bonds. The molecule has 2 aromatic carbocycles. The molecule has 34 heavy (non-hydrogen) atoms. The first-order chi connectivity index (χ1) is 16.7. The van der Waals surface area contributed by atoms with Gasteiger partial charge in [0.25, 0.3) is 0 Å². The lowest BCUT2D eigenvalue weighted by molar-refractivity contribution is -0.172. The highest BCUT2D eigenvalue weighted by Gasteiger charge is 2.55. The molecule has 1 aromatic heterocycles. The zero-order chi connectivity index (χ0) is 23.4. The predicted molar refractivity (Wildman–Crippen MR) is 134 cm³/mol. The predicted octanol–water partition coefficient (Wildman–Crippen LogP) is 6.06. The second-order valence-corrected chi connectivity index (χ2v) is 9.67. The van der Waals surface area contributed by atoms with E-state index in [9.17, 15) is 4.79 Å². The number of benzene rings is 2. The summed E-state index contributed by atoms with van der Waals surface area (Å²) in [7, 11) is 0. The summed E-state index contributed by atoms with van der Waals surface area (Å²) in [5, 5.41) is 0. The third-order valence-corrected chi connectivity index (χ3v) is 7.71. The van der Waals surface area contributed by atoms with Crippen molar-refractivity contribution in [3.63, 3.8) is 0 Å². The quantitative estimate of drug-likeness (QED) is 0.425. The van der Waals surface area contributed by atoms with E-state index in [1.807, 2.05) is 31.3 Å². The van der Waals surface area contributed by atoms with Gasteiger partial charge in [0.1, 0.15) is 5.60 Å². The number of hydrogen-bond acceptors (Lipinski definition) is 4. The summed E-state index contributed by atoms with van der Waals surface area (Å²) in [6.45, 7) is 4.12. The minimum absolute atomic E-state index is 0.0761. The van der Waals surface area contributed by atoms with Crippen LogP contribution in [0.4, 0.5) is 0 Å². The fraction of sp³-hybridized carbons (Fsp3) is 0.400. The fourth-order valence-electron chi connectivity index (χ4n) is 6.19. The number of carbonyl (C=O) groups excluding carboxylic acids is 1. The molecule has 5 rings (SSSR count). The second-order valence-electron chi connectivity index (χ2n) is 9.67. The number of likely N-dealkylation sites (tertiary alicyclic amines) is 1. The number of esters is 1. The third kappa shape index (κ3) is 4.39. The van der Waals surface area contributed by atoms with E-state index in [-0.39, 0.29) is 17.8 Å². The standard InChI is InChI=1S/C30H34N2O2/c1-2-28(33)34-30(24-15-7-4-8-16-24)22-25(32-19-11-12-20-32)21-26(23-13-5-3-6-14-23)29(30)27-17-9-10-18-31-27/h3-10,13-18,25-26,29H,2,11-12,19-22H2,1H3. The van der Waals surface area contributed by atoms with Crippen LogP contribution in [0.25, 0.3) is 0 Å². The molecule has 4 heteroatoms. The summed E-state index contributed by atoms with van der Waals surface area (Å²) in [5.74, 6) is -0.0492. The van der Waals surface area contributed by atoms with Gasteiger partial charge in [0.15, 0.2) is 0 Å². The molecule has 0 N–H and O–H groups in total. The first-order valence-electron chi connectivity index (χ1n) is 12.7. The smallest absolute Gasteiger partial charge is 0.306 e. The molecule has 2 heterocycles. The molecule has 1 aliphatic carbocycles. The Labute approximate surface area is 203 Å². The molecule has 1 saturated heterocycles.